The number of hydrogen-bond acceptors (Lipinski definition) is 4. The summed E-state index contributed by atoms with van der Waals surface area (Å²) in [5, 5.41) is 11.6. The van der Waals surface area contributed by atoms with Crippen LogP contribution in [-0.2, 0) is 10.0 Å². The topological polar surface area (TPSA) is 86.7 Å². The zero-order valence-electron chi connectivity index (χ0n) is 12.8. The van der Waals surface area contributed by atoms with E-state index in [1.807, 2.05) is 0 Å². The van der Waals surface area contributed by atoms with Crippen LogP contribution in [0.4, 0.5) is 14.5 Å². The van der Waals surface area contributed by atoms with Gasteiger partial charge in [0.15, 0.2) is 0 Å². The number of anilines is 1. The molecule has 2 aromatic rings. The van der Waals surface area contributed by atoms with Crippen molar-refractivity contribution in [3.05, 3.63) is 59.7 Å². The van der Waals surface area contributed by atoms with Crippen molar-refractivity contribution in [2.24, 2.45) is 0 Å². The molecule has 0 aliphatic carbocycles. The summed E-state index contributed by atoms with van der Waals surface area (Å²) in [6.45, 7) is 0.00263. The number of aliphatic hydroxyl groups excluding tert-OH is 1. The van der Waals surface area contributed by atoms with E-state index in [-0.39, 0.29) is 29.2 Å². The van der Waals surface area contributed by atoms with E-state index < -0.39 is 33.7 Å². The van der Waals surface area contributed by atoms with Crippen molar-refractivity contribution in [2.45, 2.75) is 11.0 Å². The number of sulfonamides is 1. The minimum atomic E-state index is -3.80. The lowest BCUT2D eigenvalue weighted by Crippen LogP contribution is -2.53. The van der Waals surface area contributed by atoms with Crippen LogP contribution < -0.4 is 5.32 Å². The first-order valence-corrected chi connectivity index (χ1v) is 8.75. The molecule has 2 N–H and O–H groups in total. The fraction of sp³-hybridized carbons (Fsp3) is 0.188. The molecule has 0 unspecified atom stereocenters. The Morgan fingerprint density at radius 3 is 2.36 bits per heavy atom. The molecule has 132 valence electrons. The van der Waals surface area contributed by atoms with Gasteiger partial charge < -0.3 is 10.4 Å². The molecular formula is C16H14F2N2O4S. The largest absolute Gasteiger partial charge is 0.390 e. The molecule has 0 aromatic heterocycles. The minimum absolute atomic E-state index is 0.00132. The quantitative estimate of drug-likeness (QED) is 0.858. The van der Waals surface area contributed by atoms with E-state index in [0.717, 1.165) is 16.4 Å². The second-order valence-corrected chi connectivity index (χ2v) is 7.55. The van der Waals surface area contributed by atoms with Gasteiger partial charge in [-0.3, -0.25) is 4.79 Å². The Labute approximate surface area is 142 Å². The highest BCUT2D eigenvalue weighted by Gasteiger charge is 2.35. The van der Waals surface area contributed by atoms with Crippen LogP contribution in [0, 0.1) is 11.6 Å². The van der Waals surface area contributed by atoms with Crippen molar-refractivity contribution in [1.29, 1.82) is 0 Å². The molecule has 6 nitrogen and oxygen atoms in total. The van der Waals surface area contributed by atoms with E-state index in [9.17, 15) is 27.1 Å². The van der Waals surface area contributed by atoms with Gasteiger partial charge in [-0.2, -0.15) is 4.31 Å². The predicted molar refractivity (Wildman–Crippen MR) is 85.5 cm³/mol. The number of aliphatic hydroxyl groups is 1. The number of β-amino-alcohol motifs (C(OH)–C–C–N with tert-alkyl or cyclic N) is 1. The third kappa shape index (κ3) is 3.68. The second kappa shape index (κ2) is 6.51. The van der Waals surface area contributed by atoms with Crippen LogP contribution in [-0.4, -0.2) is 42.9 Å². The molecule has 1 heterocycles. The van der Waals surface area contributed by atoms with Gasteiger partial charge >= 0.3 is 0 Å². The maximum atomic E-state index is 13.2. The maximum Gasteiger partial charge on any atom is 0.255 e. The van der Waals surface area contributed by atoms with Crippen LogP contribution in [0.15, 0.2) is 47.4 Å². The summed E-state index contributed by atoms with van der Waals surface area (Å²) in [6.07, 6.45) is -0.691. The lowest BCUT2D eigenvalue weighted by atomic mass is 10.2. The number of carbonyl (C=O) groups excluding carboxylic acids is 1. The van der Waals surface area contributed by atoms with E-state index in [4.69, 9.17) is 0 Å². The molecule has 1 aliphatic heterocycles. The summed E-state index contributed by atoms with van der Waals surface area (Å²) < 4.78 is 52.2. The van der Waals surface area contributed by atoms with Crippen LogP contribution in [0.5, 0.6) is 0 Å². The van der Waals surface area contributed by atoms with Crippen molar-refractivity contribution in [2.75, 3.05) is 18.4 Å². The molecule has 0 atom stereocenters. The SMILES string of the molecule is O=C(Nc1cc(F)cc(F)c1)c1cccc(S(=O)(=O)N2CC(O)C2)c1. The smallest absolute Gasteiger partial charge is 0.255 e. The van der Waals surface area contributed by atoms with Crippen LogP contribution in [0.2, 0.25) is 0 Å². The van der Waals surface area contributed by atoms with Gasteiger partial charge in [-0.25, -0.2) is 17.2 Å². The van der Waals surface area contributed by atoms with Crippen LogP contribution in [0.3, 0.4) is 0 Å². The number of benzene rings is 2. The fourth-order valence-corrected chi connectivity index (χ4v) is 3.95. The minimum Gasteiger partial charge on any atom is -0.390 e. The molecule has 0 radical (unpaired) electrons. The maximum absolute atomic E-state index is 13.2. The summed E-state index contributed by atoms with van der Waals surface area (Å²) in [5.41, 5.74) is -0.0616. The van der Waals surface area contributed by atoms with Crippen LogP contribution in [0.1, 0.15) is 10.4 Å². The molecule has 0 saturated carbocycles. The molecule has 3 rings (SSSR count). The molecule has 1 aliphatic rings. The first-order valence-electron chi connectivity index (χ1n) is 7.31. The van der Waals surface area contributed by atoms with Crippen molar-refractivity contribution >= 4 is 21.6 Å². The Morgan fingerprint density at radius 1 is 1.12 bits per heavy atom. The number of nitrogens with one attached hydrogen (secondary N) is 1. The molecule has 2 aromatic carbocycles. The fourth-order valence-electron chi connectivity index (χ4n) is 2.39. The standard InChI is InChI=1S/C16H14F2N2O4S/c17-11-5-12(18)7-13(6-11)19-16(22)10-2-1-3-15(4-10)25(23,24)20-8-14(21)9-20/h1-7,14,21H,8-9H2,(H,19,22). The highest BCUT2D eigenvalue weighted by molar-refractivity contribution is 7.89. The van der Waals surface area contributed by atoms with E-state index in [1.54, 1.807) is 0 Å². The molecule has 1 saturated heterocycles. The molecule has 25 heavy (non-hydrogen) atoms. The third-order valence-electron chi connectivity index (χ3n) is 3.68. The van der Waals surface area contributed by atoms with E-state index in [0.29, 0.717) is 6.07 Å². The molecule has 9 heteroatoms. The Morgan fingerprint density at radius 2 is 1.76 bits per heavy atom. The average molecular weight is 368 g/mol. The van der Waals surface area contributed by atoms with Crippen molar-refractivity contribution in [1.82, 2.24) is 4.31 Å². The van der Waals surface area contributed by atoms with Gasteiger partial charge in [-0.05, 0) is 30.3 Å². The number of rotatable bonds is 4. The van der Waals surface area contributed by atoms with Crippen LogP contribution in [0.25, 0.3) is 0 Å². The molecule has 1 amide bonds. The zero-order valence-corrected chi connectivity index (χ0v) is 13.6. The number of carbonyl (C=O) groups is 1. The molecule has 0 bridgehead atoms. The molecule has 1 fully saturated rings. The van der Waals surface area contributed by atoms with Gasteiger partial charge in [0.05, 0.1) is 11.0 Å². The summed E-state index contributed by atoms with van der Waals surface area (Å²) in [4.78, 5) is 12.1. The van der Waals surface area contributed by atoms with Gasteiger partial charge in [0, 0.05) is 30.4 Å². The lowest BCUT2D eigenvalue weighted by molar-refractivity contribution is 0.0548. The third-order valence-corrected chi connectivity index (χ3v) is 5.51. The Balaban J connectivity index is 1.82. The Hall–Kier alpha value is -2.36. The monoisotopic (exact) mass is 368 g/mol. The first-order chi connectivity index (χ1) is 11.8. The number of amides is 1. The zero-order chi connectivity index (χ0) is 18.2. The van der Waals surface area contributed by atoms with Crippen molar-refractivity contribution < 1.29 is 27.1 Å². The number of nitrogens with zero attached hydrogens (tertiary/aromatic N) is 1. The van der Waals surface area contributed by atoms with Gasteiger partial charge in [0.1, 0.15) is 11.6 Å². The normalized spacial score (nSPS) is 15.6. The number of hydrogen-bond donors (Lipinski definition) is 2. The van der Waals surface area contributed by atoms with Gasteiger partial charge in [0.2, 0.25) is 10.0 Å². The highest BCUT2D eigenvalue weighted by Crippen LogP contribution is 2.23. The van der Waals surface area contributed by atoms with Crippen molar-refractivity contribution in [3.8, 4) is 0 Å². The van der Waals surface area contributed by atoms with Crippen molar-refractivity contribution in [3.63, 3.8) is 0 Å². The first kappa shape index (κ1) is 17.5. The Kier molecular flexibility index (Phi) is 4.55. The van der Waals surface area contributed by atoms with Gasteiger partial charge in [-0.15, -0.1) is 0 Å². The van der Waals surface area contributed by atoms with E-state index in [1.165, 1.54) is 24.3 Å². The molecular weight excluding hydrogens is 354 g/mol. The molecule has 0 spiro atoms. The van der Waals surface area contributed by atoms with Gasteiger partial charge in [-0.1, -0.05) is 6.07 Å². The number of halogens is 2. The predicted octanol–water partition coefficient (Wildman–Crippen LogP) is 1.58. The summed E-state index contributed by atoms with van der Waals surface area (Å²) in [5.74, 6) is -2.39. The highest BCUT2D eigenvalue weighted by atomic mass is 32.2. The summed E-state index contributed by atoms with van der Waals surface area (Å²) >= 11 is 0. The average Bonchev–Trinajstić information content (AvgIpc) is 2.51. The second-order valence-electron chi connectivity index (χ2n) is 5.62. The van der Waals surface area contributed by atoms with E-state index >= 15 is 0 Å². The summed E-state index contributed by atoms with van der Waals surface area (Å²) in [7, 11) is -3.80. The Bertz CT molecular complexity index is 907. The van der Waals surface area contributed by atoms with Gasteiger partial charge in [0.25, 0.3) is 5.91 Å². The van der Waals surface area contributed by atoms with E-state index in [2.05, 4.69) is 5.32 Å². The summed E-state index contributed by atoms with van der Waals surface area (Å²) in [6, 6.07) is 7.85. The lowest BCUT2D eigenvalue weighted by Gasteiger charge is -2.34. The van der Waals surface area contributed by atoms with Crippen LogP contribution >= 0.6 is 0 Å².